The Labute approximate surface area is 129 Å². The number of nitrogens with zero attached hydrogens (tertiary/aromatic N) is 1. The SMILES string of the molecule is CC(=O)N(C)c1ccccc1OC(=S)Nc1ccccc1. The molecule has 0 saturated heterocycles. The van der Waals surface area contributed by atoms with Crippen molar-refractivity contribution in [1.29, 1.82) is 0 Å². The number of amides is 1. The molecule has 0 fully saturated rings. The van der Waals surface area contributed by atoms with Crippen molar-refractivity contribution in [3.05, 3.63) is 54.6 Å². The molecule has 0 atom stereocenters. The van der Waals surface area contributed by atoms with Gasteiger partial charge in [0.2, 0.25) is 5.91 Å². The summed E-state index contributed by atoms with van der Waals surface area (Å²) >= 11 is 5.19. The molecule has 2 aromatic carbocycles. The van der Waals surface area contributed by atoms with Gasteiger partial charge < -0.3 is 15.0 Å². The van der Waals surface area contributed by atoms with E-state index in [9.17, 15) is 4.79 Å². The summed E-state index contributed by atoms with van der Waals surface area (Å²) in [6.07, 6.45) is 0. The zero-order chi connectivity index (χ0) is 15.2. The molecule has 1 N–H and O–H groups in total. The van der Waals surface area contributed by atoms with Gasteiger partial charge in [0.25, 0.3) is 5.17 Å². The van der Waals surface area contributed by atoms with E-state index < -0.39 is 0 Å². The Bertz CT molecular complexity index is 644. The van der Waals surface area contributed by atoms with Gasteiger partial charge in [-0.2, -0.15) is 0 Å². The van der Waals surface area contributed by atoms with Crippen molar-refractivity contribution in [3.8, 4) is 5.75 Å². The van der Waals surface area contributed by atoms with Crippen LogP contribution in [0.5, 0.6) is 5.75 Å². The van der Waals surface area contributed by atoms with Crippen molar-refractivity contribution in [3.63, 3.8) is 0 Å². The molecular formula is C16H16N2O2S. The third-order valence-corrected chi connectivity index (χ3v) is 3.11. The maximum Gasteiger partial charge on any atom is 0.266 e. The summed E-state index contributed by atoms with van der Waals surface area (Å²) in [5, 5.41) is 3.22. The molecule has 0 aliphatic heterocycles. The number of anilines is 2. The van der Waals surface area contributed by atoms with Gasteiger partial charge in [-0.25, -0.2) is 0 Å². The van der Waals surface area contributed by atoms with Crippen molar-refractivity contribution in [2.45, 2.75) is 6.92 Å². The van der Waals surface area contributed by atoms with Crippen LogP contribution in [0.1, 0.15) is 6.92 Å². The molecule has 2 aromatic rings. The summed E-state index contributed by atoms with van der Waals surface area (Å²) in [7, 11) is 1.69. The third-order valence-electron chi connectivity index (χ3n) is 2.92. The van der Waals surface area contributed by atoms with Gasteiger partial charge in [-0.05, 0) is 36.5 Å². The highest BCUT2D eigenvalue weighted by molar-refractivity contribution is 7.80. The van der Waals surface area contributed by atoms with Crippen molar-refractivity contribution < 1.29 is 9.53 Å². The predicted octanol–water partition coefficient (Wildman–Crippen LogP) is 3.45. The molecule has 0 spiro atoms. The van der Waals surface area contributed by atoms with Crippen LogP contribution >= 0.6 is 12.2 Å². The number of thiocarbonyl (C=S) groups is 1. The first kappa shape index (κ1) is 15.0. The van der Waals surface area contributed by atoms with E-state index >= 15 is 0 Å². The topological polar surface area (TPSA) is 41.6 Å². The number of rotatable bonds is 3. The molecular weight excluding hydrogens is 284 g/mol. The van der Waals surface area contributed by atoms with E-state index in [4.69, 9.17) is 17.0 Å². The van der Waals surface area contributed by atoms with Gasteiger partial charge in [0.15, 0.2) is 5.75 Å². The van der Waals surface area contributed by atoms with E-state index in [-0.39, 0.29) is 11.1 Å². The van der Waals surface area contributed by atoms with Crippen molar-refractivity contribution >= 4 is 34.7 Å². The molecule has 4 nitrogen and oxygen atoms in total. The number of ether oxygens (including phenoxy) is 1. The van der Waals surface area contributed by atoms with Crippen molar-refractivity contribution in [1.82, 2.24) is 0 Å². The second kappa shape index (κ2) is 6.85. The molecule has 0 aliphatic carbocycles. The maximum absolute atomic E-state index is 11.5. The maximum atomic E-state index is 11.5. The quantitative estimate of drug-likeness (QED) is 0.882. The highest BCUT2D eigenvalue weighted by Gasteiger charge is 2.12. The number of carbonyl (C=O) groups excluding carboxylic acids is 1. The molecule has 21 heavy (non-hydrogen) atoms. The number of nitrogens with one attached hydrogen (secondary N) is 1. The Hall–Kier alpha value is -2.40. The van der Waals surface area contributed by atoms with Crippen molar-refractivity contribution in [2.24, 2.45) is 0 Å². The minimum absolute atomic E-state index is 0.0759. The van der Waals surface area contributed by atoms with Crippen LogP contribution in [0, 0.1) is 0 Å². The van der Waals surface area contributed by atoms with Gasteiger partial charge in [-0.15, -0.1) is 0 Å². The van der Waals surface area contributed by atoms with Crippen LogP contribution in [0.15, 0.2) is 54.6 Å². The number of benzene rings is 2. The second-order valence-electron chi connectivity index (χ2n) is 4.43. The Kier molecular flexibility index (Phi) is 4.90. The molecule has 0 heterocycles. The molecule has 0 saturated carbocycles. The van der Waals surface area contributed by atoms with E-state index in [0.29, 0.717) is 11.4 Å². The van der Waals surface area contributed by atoms with Gasteiger partial charge in [0.1, 0.15) is 0 Å². The number of para-hydroxylation sites is 3. The summed E-state index contributed by atoms with van der Waals surface area (Å²) in [5.74, 6) is 0.455. The molecule has 0 unspecified atom stereocenters. The Morgan fingerprint density at radius 1 is 1.10 bits per heavy atom. The third kappa shape index (κ3) is 4.03. The van der Waals surface area contributed by atoms with E-state index in [0.717, 1.165) is 5.69 Å². The monoisotopic (exact) mass is 300 g/mol. The summed E-state index contributed by atoms with van der Waals surface area (Å²) < 4.78 is 5.65. The van der Waals surface area contributed by atoms with Gasteiger partial charge in [0, 0.05) is 19.7 Å². The first-order chi connectivity index (χ1) is 10.1. The first-order valence-corrected chi connectivity index (χ1v) is 6.86. The fourth-order valence-electron chi connectivity index (χ4n) is 1.75. The largest absolute Gasteiger partial charge is 0.429 e. The normalized spacial score (nSPS) is 9.81. The van der Waals surface area contributed by atoms with Crippen LogP contribution < -0.4 is 15.0 Å². The van der Waals surface area contributed by atoms with E-state index in [1.165, 1.54) is 11.8 Å². The molecule has 5 heteroatoms. The fraction of sp³-hybridized carbons (Fsp3) is 0.125. The summed E-state index contributed by atoms with van der Waals surface area (Å²) in [6.45, 7) is 1.50. The van der Waals surface area contributed by atoms with Crippen LogP contribution in [0.25, 0.3) is 0 Å². The van der Waals surface area contributed by atoms with Crippen molar-refractivity contribution in [2.75, 3.05) is 17.3 Å². The van der Waals surface area contributed by atoms with Gasteiger partial charge in [-0.1, -0.05) is 30.3 Å². The molecule has 0 aliphatic rings. The zero-order valence-corrected chi connectivity index (χ0v) is 12.7. The molecule has 0 radical (unpaired) electrons. The number of hydrogen-bond acceptors (Lipinski definition) is 3. The lowest BCUT2D eigenvalue weighted by molar-refractivity contribution is -0.116. The van der Waals surface area contributed by atoms with Gasteiger partial charge in [0.05, 0.1) is 5.69 Å². The van der Waals surface area contributed by atoms with Crippen LogP contribution in [0.2, 0.25) is 0 Å². The minimum atomic E-state index is -0.0759. The van der Waals surface area contributed by atoms with Crippen LogP contribution in [0.4, 0.5) is 11.4 Å². The van der Waals surface area contributed by atoms with Crippen LogP contribution in [-0.2, 0) is 4.79 Å². The summed E-state index contributed by atoms with van der Waals surface area (Å²) in [4.78, 5) is 13.0. The minimum Gasteiger partial charge on any atom is -0.429 e. The molecule has 0 bridgehead atoms. The van der Waals surface area contributed by atoms with Crippen LogP contribution in [-0.4, -0.2) is 18.1 Å². The first-order valence-electron chi connectivity index (χ1n) is 6.45. The average molecular weight is 300 g/mol. The molecule has 108 valence electrons. The zero-order valence-electron chi connectivity index (χ0n) is 11.9. The standard InChI is InChI=1S/C16H16N2O2S/c1-12(19)18(2)14-10-6-7-11-15(14)20-16(21)17-13-8-4-3-5-9-13/h3-11H,1-2H3,(H,17,21). The number of hydrogen-bond donors (Lipinski definition) is 1. The fourth-order valence-corrected chi connectivity index (χ4v) is 1.96. The molecule has 1 amide bonds. The van der Waals surface area contributed by atoms with E-state index in [1.807, 2.05) is 48.5 Å². The lowest BCUT2D eigenvalue weighted by Crippen LogP contribution is -2.24. The predicted molar refractivity (Wildman–Crippen MR) is 88.8 cm³/mol. The smallest absolute Gasteiger partial charge is 0.266 e. The lowest BCUT2D eigenvalue weighted by Gasteiger charge is -2.19. The van der Waals surface area contributed by atoms with Gasteiger partial charge >= 0.3 is 0 Å². The van der Waals surface area contributed by atoms with Crippen LogP contribution in [0.3, 0.4) is 0 Å². The average Bonchev–Trinajstić information content (AvgIpc) is 2.48. The summed E-state index contributed by atoms with van der Waals surface area (Å²) in [5.41, 5.74) is 1.52. The molecule has 2 rings (SSSR count). The molecule has 0 aromatic heterocycles. The number of carbonyl (C=O) groups is 1. The second-order valence-corrected chi connectivity index (χ2v) is 4.80. The highest BCUT2D eigenvalue weighted by Crippen LogP contribution is 2.27. The summed E-state index contributed by atoms with van der Waals surface area (Å²) in [6, 6.07) is 16.8. The highest BCUT2D eigenvalue weighted by atomic mass is 32.1. The van der Waals surface area contributed by atoms with E-state index in [1.54, 1.807) is 13.1 Å². The van der Waals surface area contributed by atoms with Gasteiger partial charge in [-0.3, -0.25) is 4.79 Å². The Morgan fingerprint density at radius 2 is 1.71 bits per heavy atom. The van der Waals surface area contributed by atoms with E-state index in [2.05, 4.69) is 5.32 Å². The lowest BCUT2D eigenvalue weighted by atomic mass is 10.2. The Balaban J connectivity index is 2.12. The Morgan fingerprint density at radius 3 is 2.38 bits per heavy atom.